The zero-order valence-electron chi connectivity index (χ0n) is 5.46. The fraction of sp³-hybridized carbons (Fsp3) is 0.800. The van der Waals surface area contributed by atoms with E-state index in [2.05, 4.69) is 0 Å². The minimum atomic E-state index is -1.53. The van der Waals surface area contributed by atoms with Crippen LogP contribution in [0.25, 0.3) is 0 Å². The summed E-state index contributed by atoms with van der Waals surface area (Å²) in [5, 5.41) is 17.1. The predicted molar refractivity (Wildman–Crippen MR) is 31.9 cm³/mol. The van der Waals surface area contributed by atoms with Gasteiger partial charge in [-0.05, 0) is 13.8 Å². The number of aliphatic hydroxyl groups is 1. The van der Waals surface area contributed by atoms with E-state index in [1.54, 1.807) is 0 Å². The molecule has 9 heavy (non-hydrogen) atoms. The third-order valence-corrected chi connectivity index (χ3v) is 1.33. The minimum Gasteiger partial charge on any atom is -0.480 e. The second-order valence-electron chi connectivity index (χ2n) is 2.26. The maximum Gasteiger partial charge on any atom is 0.326 e. The largest absolute Gasteiger partial charge is 0.480 e. The Balaban J connectivity index is 4.19. The van der Waals surface area contributed by atoms with Crippen LogP contribution in [0.15, 0.2) is 0 Å². The van der Waals surface area contributed by atoms with Crippen LogP contribution in [0, 0.1) is 0 Å². The van der Waals surface area contributed by atoms with Crippen LogP contribution in [-0.4, -0.2) is 27.8 Å². The Hall–Kier alpha value is -0.610. The van der Waals surface area contributed by atoms with Gasteiger partial charge in [-0.25, -0.2) is 0 Å². The molecule has 0 aromatic heterocycles. The first kappa shape index (κ1) is 8.39. The number of aliphatic hydroxyl groups excluding tert-OH is 1. The molecule has 0 amide bonds. The van der Waals surface area contributed by atoms with Gasteiger partial charge in [0.1, 0.15) is 5.54 Å². The second kappa shape index (κ2) is 2.33. The zero-order valence-corrected chi connectivity index (χ0v) is 5.46. The summed E-state index contributed by atoms with van der Waals surface area (Å²) in [7, 11) is 0. The summed E-state index contributed by atoms with van der Waals surface area (Å²) in [6.07, 6.45) is -1.03. The average molecular weight is 133 g/mol. The summed E-state index contributed by atoms with van der Waals surface area (Å²) in [4.78, 5) is 10.2. The third kappa shape index (κ3) is 1.65. The van der Waals surface area contributed by atoms with Gasteiger partial charge in [-0.2, -0.15) is 0 Å². The molecular formula is C5H11NO3. The highest BCUT2D eigenvalue weighted by Gasteiger charge is 2.33. The van der Waals surface area contributed by atoms with E-state index in [4.69, 9.17) is 15.9 Å². The lowest BCUT2D eigenvalue weighted by molar-refractivity contribution is -0.146. The lowest BCUT2D eigenvalue weighted by Gasteiger charge is -2.21. The Morgan fingerprint density at radius 1 is 1.78 bits per heavy atom. The van der Waals surface area contributed by atoms with Gasteiger partial charge in [0.25, 0.3) is 0 Å². The van der Waals surface area contributed by atoms with E-state index in [0.29, 0.717) is 0 Å². The molecule has 4 heteroatoms. The monoisotopic (exact) mass is 133 g/mol. The van der Waals surface area contributed by atoms with Crippen molar-refractivity contribution < 1.29 is 15.0 Å². The van der Waals surface area contributed by atoms with Gasteiger partial charge in [0, 0.05) is 0 Å². The molecule has 0 spiro atoms. The Morgan fingerprint density at radius 3 is 2.11 bits per heavy atom. The average Bonchev–Trinajstić information content (AvgIpc) is 1.65. The first-order valence-corrected chi connectivity index (χ1v) is 2.59. The van der Waals surface area contributed by atoms with Crippen molar-refractivity contribution in [2.45, 2.75) is 25.5 Å². The molecule has 0 aliphatic heterocycles. The SMILES string of the molecule is CC(O)C(C)(N)C(=O)O. The van der Waals surface area contributed by atoms with Crippen LogP contribution in [0.4, 0.5) is 0 Å². The summed E-state index contributed by atoms with van der Waals surface area (Å²) >= 11 is 0. The number of carboxylic acid groups (broad SMARTS) is 1. The molecule has 0 radical (unpaired) electrons. The van der Waals surface area contributed by atoms with Gasteiger partial charge in [-0.15, -0.1) is 0 Å². The molecule has 4 nitrogen and oxygen atoms in total. The van der Waals surface area contributed by atoms with Crippen molar-refractivity contribution in [2.75, 3.05) is 0 Å². The van der Waals surface area contributed by atoms with Crippen LogP contribution >= 0.6 is 0 Å². The van der Waals surface area contributed by atoms with E-state index < -0.39 is 17.6 Å². The summed E-state index contributed by atoms with van der Waals surface area (Å²) in [6, 6.07) is 0. The van der Waals surface area contributed by atoms with Gasteiger partial charge in [-0.1, -0.05) is 0 Å². The second-order valence-corrected chi connectivity index (χ2v) is 2.26. The highest BCUT2D eigenvalue weighted by Crippen LogP contribution is 2.04. The van der Waals surface area contributed by atoms with Gasteiger partial charge in [0.15, 0.2) is 0 Å². The molecule has 0 aromatic carbocycles. The van der Waals surface area contributed by atoms with Gasteiger partial charge in [0.2, 0.25) is 0 Å². The van der Waals surface area contributed by atoms with Crippen molar-refractivity contribution in [3.63, 3.8) is 0 Å². The predicted octanol–water partition coefficient (Wildman–Crippen LogP) is -0.831. The molecule has 0 aliphatic carbocycles. The molecular weight excluding hydrogens is 122 g/mol. The van der Waals surface area contributed by atoms with E-state index in [0.717, 1.165) is 0 Å². The van der Waals surface area contributed by atoms with E-state index in [9.17, 15) is 4.79 Å². The molecule has 0 bridgehead atoms. The lowest BCUT2D eigenvalue weighted by atomic mass is 9.98. The van der Waals surface area contributed by atoms with E-state index in [1.807, 2.05) is 0 Å². The molecule has 0 aromatic rings. The minimum absolute atomic E-state index is 1.03. The Bertz CT molecular complexity index is 119. The van der Waals surface area contributed by atoms with Crippen molar-refractivity contribution in [1.29, 1.82) is 0 Å². The summed E-state index contributed by atoms with van der Waals surface area (Å²) in [5.74, 6) is -1.20. The highest BCUT2D eigenvalue weighted by molar-refractivity contribution is 5.78. The van der Waals surface area contributed by atoms with Crippen LogP contribution in [0.2, 0.25) is 0 Å². The van der Waals surface area contributed by atoms with E-state index in [1.165, 1.54) is 13.8 Å². The lowest BCUT2D eigenvalue weighted by Crippen LogP contribution is -2.53. The number of hydrogen-bond donors (Lipinski definition) is 3. The topological polar surface area (TPSA) is 83.5 Å². The van der Waals surface area contributed by atoms with Crippen LogP contribution in [-0.2, 0) is 4.79 Å². The molecule has 0 rings (SSSR count). The van der Waals surface area contributed by atoms with Gasteiger partial charge < -0.3 is 15.9 Å². The number of carboxylic acids is 1. The van der Waals surface area contributed by atoms with Crippen molar-refractivity contribution >= 4 is 5.97 Å². The summed E-state index contributed by atoms with van der Waals surface area (Å²) in [5.41, 5.74) is 3.62. The Labute approximate surface area is 53.3 Å². The molecule has 4 N–H and O–H groups in total. The summed E-state index contributed by atoms with van der Waals surface area (Å²) < 4.78 is 0. The Morgan fingerprint density at radius 2 is 2.11 bits per heavy atom. The number of hydrogen-bond acceptors (Lipinski definition) is 3. The number of aliphatic carboxylic acids is 1. The first-order valence-electron chi connectivity index (χ1n) is 2.59. The van der Waals surface area contributed by atoms with Crippen molar-refractivity contribution in [3.8, 4) is 0 Å². The summed E-state index contributed by atoms with van der Waals surface area (Å²) in [6.45, 7) is 2.61. The number of nitrogens with two attached hydrogens (primary N) is 1. The van der Waals surface area contributed by atoms with Crippen molar-refractivity contribution in [2.24, 2.45) is 5.73 Å². The Kier molecular flexibility index (Phi) is 2.17. The molecule has 0 saturated heterocycles. The quantitative estimate of drug-likeness (QED) is 0.459. The number of carbonyl (C=O) groups is 1. The fourth-order valence-electron chi connectivity index (χ4n) is 0.179. The molecule has 0 saturated carbocycles. The highest BCUT2D eigenvalue weighted by atomic mass is 16.4. The van der Waals surface area contributed by atoms with E-state index in [-0.39, 0.29) is 0 Å². The van der Waals surface area contributed by atoms with E-state index >= 15 is 0 Å². The van der Waals surface area contributed by atoms with Gasteiger partial charge in [-0.3, -0.25) is 4.79 Å². The fourth-order valence-corrected chi connectivity index (χ4v) is 0.179. The van der Waals surface area contributed by atoms with Crippen LogP contribution in [0.5, 0.6) is 0 Å². The maximum absolute atomic E-state index is 10.2. The molecule has 0 aliphatic rings. The molecule has 0 heterocycles. The smallest absolute Gasteiger partial charge is 0.326 e. The van der Waals surface area contributed by atoms with Crippen molar-refractivity contribution in [3.05, 3.63) is 0 Å². The molecule has 2 atom stereocenters. The maximum atomic E-state index is 10.2. The number of rotatable bonds is 2. The normalized spacial score (nSPS) is 20.4. The van der Waals surface area contributed by atoms with Crippen LogP contribution in [0.3, 0.4) is 0 Å². The first-order chi connectivity index (χ1) is 3.89. The zero-order chi connectivity index (χ0) is 7.65. The molecule has 54 valence electrons. The van der Waals surface area contributed by atoms with Crippen molar-refractivity contribution in [1.82, 2.24) is 0 Å². The third-order valence-electron chi connectivity index (χ3n) is 1.33. The van der Waals surface area contributed by atoms with Gasteiger partial charge >= 0.3 is 5.97 Å². The van der Waals surface area contributed by atoms with Crippen LogP contribution < -0.4 is 5.73 Å². The van der Waals surface area contributed by atoms with Crippen LogP contribution in [0.1, 0.15) is 13.8 Å². The van der Waals surface area contributed by atoms with Gasteiger partial charge in [0.05, 0.1) is 6.10 Å². The standard InChI is InChI=1S/C5H11NO3/c1-3(7)5(2,6)4(8)9/h3,7H,6H2,1-2H3,(H,8,9). The molecule has 2 unspecified atom stereocenters. The molecule has 0 fully saturated rings.